The highest BCUT2D eigenvalue weighted by Crippen LogP contribution is 2.29. The topological polar surface area (TPSA) is 45.4 Å². The molecule has 2 rings (SSSR count). The summed E-state index contributed by atoms with van der Waals surface area (Å²) >= 11 is 0. The largest absolute Gasteiger partial charge is 0.464 e. The standard InChI is InChI=1S/C14H17F2NO2/c1-2-17-11(8-18)13(14(15)16)10-3-4-12-9(7-10)5-6-19-12/h3-7,11,13-14,17-18H,2,8H2,1H3. The van der Waals surface area contributed by atoms with Crippen LogP contribution in [0.1, 0.15) is 18.4 Å². The lowest BCUT2D eigenvalue weighted by Crippen LogP contribution is -2.40. The van der Waals surface area contributed by atoms with Crippen LogP contribution in [0.15, 0.2) is 34.9 Å². The SMILES string of the molecule is CCNC(CO)C(c1ccc2occc2c1)C(F)F. The van der Waals surface area contributed by atoms with Crippen LogP contribution in [0.25, 0.3) is 11.0 Å². The van der Waals surface area contributed by atoms with E-state index in [1.807, 2.05) is 6.92 Å². The van der Waals surface area contributed by atoms with Crippen LogP contribution in [0.2, 0.25) is 0 Å². The molecule has 2 unspecified atom stereocenters. The molecular weight excluding hydrogens is 252 g/mol. The Morgan fingerprint density at radius 2 is 2.11 bits per heavy atom. The van der Waals surface area contributed by atoms with Crippen molar-refractivity contribution in [1.29, 1.82) is 0 Å². The number of furan rings is 1. The Morgan fingerprint density at radius 3 is 2.74 bits per heavy atom. The van der Waals surface area contributed by atoms with Crippen LogP contribution in [-0.2, 0) is 0 Å². The third kappa shape index (κ3) is 2.93. The van der Waals surface area contributed by atoms with Crippen LogP contribution in [0.5, 0.6) is 0 Å². The summed E-state index contributed by atoms with van der Waals surface area (Å²) in [6.45, 7) is 2.03. The Morgan fingerprint density at radius 1 is 1.32 bits per heavy atom. The zero-order valence-corrected chi connectivity index (χ0v) is 10.6. The van der Waals surface area contributed by atoms with Crippen LogP contribution in [0, 0.1) is 0 Å². The van der Waals surface area contributed by atoms with Gasteiger partial charge in [-0.2, -0.15) is 0 Å². The van der Waals surface area contributed by atoms with Crippen molar-refractivity contribution < 1.29 is 18.3 Å². The molecule has 104 valence electrons. The lowest BCUT2D eigenvalue weighted by molar-refractivity contribution is 0.0784. The van der Waals surface area contributed by atoms with Crippen molar-refractivity contribution in [2.24, 2.45) is 0 Å². The second-order valence-electron chi connectivity index (χ2n) is 4.42. The number of aliphatic hydroxyl groups is 1. The number of aliphatic hydroxyl groups excluding tert-OH is 1. The average molecular weight is 269 g/mol. The molecule has 0 aliphatic rings. The minimum absolute atomic E-state index is 0.327. The first-order valence-electron chi connectivity index (χ1n) is 6.27. The molecule has 1 heterocycles. The summed E-state index contributed by atoms with van der Waals surface area (Å²) in [6, 6.07) is 6.08. The number of benzene rings is 1. The van der Waals surface area contributed by atoms with Crippen LogP contribution in [-0.4, -0.2) is 30.7 Å². The Labute approximate surface area is 110 Å². The average Bonchev–Trinajstić information content (AvgIpc) is 2.85. The molecule has 0 saturated carbocycles. The predicted molar refractivity (Wildman–Crippen MR) is 69.5 cm³/mol. The highest BCUT2D eigenvalue weighted by molar-refractivity contribution is 5.77. The van der Waals surface area contributed by atoms with Crippen LogP contribution in [0.3, 0.4) is 0 Å². The zero-order valence-electron chi connectivity index (χ0n) is 10.6. The van der Waals surface area contributed by atoms with E-state index in [-0.39, 0.29) is 6.61 Å². The van der Waals surface area contributed by atoms with Crippen LogP contribution in [0.4, 0.5) is 8.78 Å². The number of rotatable bonds is 6. The molecule has 2 atom stereocenters. The molecule has 1 aromatic carbocycles. The van der Waals surface area contributed by atoms with Crippen molar-refractivity contribution in [2.75, 3.05) is 13.2 Å². The van der Waals surface area contributed by atoms with Crippen LogP contribution >= 0.6 is 0 Å². The van der Waals surface area contributed by atoms with E-state index in [1.54, 1.807) is 24.3 Å². The second-order valence-corrected chi connectivity index (χ2v) is 4.42. The fraction of sp³-hybridized carbons (Fsp3) is 0.429. The third-order valence-corrected chi connectivity index (χ3v) is 3.23. The van der Waals surface area contributed by atoms with Crippen molar-refractivity contribution in [2.45, 2.75) is 25.3 Å². The molecule has 19 heavy (non-hydrogen) atoms. The Hall–Kier alpha value is -1.46. The molecule has 0 spiro atoms. The minimum atomic E-state index is -2.54. The van der Waals surface area contributed by atoms with Crippen molar-refractivity contribution >= 4 is 11.0 Å². The highest BCUT2D eigenvalue weighted by Gasteiger charge is 2.30. The number of alkyl halides is 2. The molecule has 0 radical (unpaired) electrons. The first-order chi connectivity index (χ1) is 9.17. The number of halogens is 2. The second kappa shape index (κ2) is 6.12. The van der Waals surface area contributed by atoms with E-state index in [9.17, 15) is 13.9 Å². The first-order valence-corrected chi connectivity index (χ1v) is 6.27. The van der Waals surface area contributed by atoms with Gasteiger partial charge in [-0.1, -0.05) is 13.0 Å². The predicted octanol–water partition coefficient (Wildman–Crippen LogP) is 2.75. The van der Waals surface area contributed by atoms with Gasteiger partial charge >= 0.3 is 0 Å². The molecule has 2 aromatic rings. The van der Waals surface area contributed by atoms with Crippen molar-refractivity contribution in [3.63, 3.8) is 0 Å². The number of hydrogen-bond acceptors (Lipinski definition) is 3. The van der Waals surface area contributed by atoms with E-state index in [1.165, 1.54) is 6.26 Å². The zero-order chi connectivity index (χ0) is 13.8. The maximum Gasteiger partial charge on any atom is 0.246 e. The fourth-order valence-electron chi connectivity index (χ4n) is 2.31. The van der Waals surface area contributed by atoms with E-state index >= 15 is 0 Å². The number of fused-ring (bicyclic) bond motifs is 1. The monoisotopic (exact) mass is 269 g/mol. The summed E-state index contributed by atoms with van der Waals surface area (Å²) in [5, 5.41) is 13.0. The molecular formula is C14H17F2NO2. The third-order valence-electron chi connectivity index (χ3n) is 3.23. The fourth-order valence-corrected chi connectivity index (χ4v) is 2.31. The maximum atomic E-state index is 13.3. The van der Waals surface area contributed by atoms with Gasteiger partial charge in [0.2, 0.25) is 6.43 Å². The highest BCUT2D eigenvalue weighted by atomic mass is 19.3. The minimum Gasteiger partial charge on any atom is -0.464 e. The lowest BCUT2D eigenvalue weighted by atomic mass is 9.91. The molecule has 0 bridgehead atoms. The van der Waals surface area contributed by atoms with Gasteiger partial charge < -0.3 is 14.8 Å². The molecule has 0 aliphatic carbocycles. The first kappa shape index (κ1) is 14.0. The quantitative estimate of drug-likeness (QED) is 0.847. The Kier molecular flexibility index (Phi) is 4.50. The van der Waals surface area contributed by atoms with Gasteiger partial charge in [-0.15, -0.1) is 0 Å². The van der Waals surface area contributed by atoms with Gasteiger partial charge in [-0.05, 0) is 30.3 Å². The Balaban J connectivity index is 2.36. The van der Waals surface area contributed by atoms with Crippen LogP contribution < -0.4 is 5.32 Å². The van der Waals surface area contributed by atoms with Crippen molar-refractivity contribution in [3.8, 4) is 0 Å². The molecule has 1 aromatic heterocycles. The molecule has 0 aliphatic heterocycles. The summed E-state index contributed by atoms with van der Waals surface area (Å²) in [4.78, 5) is 0. The Bertz CT molecular complexity index is 527. The van der Waals surface area contributed by atoms with Gasteiger partial charge in [0, 0.05) is 11.4 Å². The summed E-state index contributed by atoms with van der Waals surface area (Å²) in [6.07, 6.45) is -1.01. The summed E-state index contributed by atoms with van der Waals surface area (Å²) in [5.74, 6) is -1.04. The van der Waals surface area contributed by atoms with Crippen molar-refractivity contribution in [3.05, 3.63) is 36.1 Å². The number of likely N-dealkylation sites (N-methyl/N-ethyl adjacent to an activating group) is 1. The van der Waals surface area contributed by atoms with Crippen molar-refractivity contribution in [1.82, 2.24) is 5.32 Å². The van der Waals surface area contributed by atoms with E-state index in [2.05, 4.69) is 5.32 Å². The molecule has 2 N–H and O–H groups in total. The van der Waals surface area contributed by atoms with Gasteiger partial charge in [0.15, 0.2) is 0 Å². The molecule has 0 fully saturated rings. The number of nitrogens with one attached hydrogen (secondary N) is 1. The number of hydrogen-bond donors (Lipinski definition) is 2. The molecule has 3 nitrogen and oxygen atoms in total. The molecule has 0 saturated heterocycles. The van der Waals surface area contributed by atoms with Gasteiger partial charge in [-0.25, -0.2) is 8.78 Å². The normalized spacial score (nSPS) is 15.0. The van der Waals surface area contributed by atoms with Gasteiger partial charge in [0.25, 0.3) is 0 Å². The van der Waals surface area contributed by atoms with Gasteiger partial charge in [0.1, 0.15) is 5.58 Å². The summed E-state index contributed by atoms with van der Waals surface area (Å²) < 4.78 is 31.8. The van der Waals surface area contributed by atoms with E-state index < -0.39 is 18.4 Å². The summed E-state index contributed by atoms with van der Waals surface area (Å²) in [7, 11) is 0. The van der Waals surface area contributed by atoms with E-state index in [4.69, 9.17) is 4.42 Å². The van der Waals surface area contributed by atoms with E-state index in [0.29, 0.717) is 17.7 Å². The molecule has 5 heteroatoms. The molecule has 0 amide bonds. The lowest BCUT2D eigenvalue weighted by Gasteiger charge is -2.26. The summed E-state index contributed by atoms with van der Waals surface area (Å²) in [5.41, 5.74) is 1.17. The van der Waals surface area contributed by atoms with Gasteiger partial charge in [-0.3, -0.25) is 0 Å². The smallest absolute Gasteiger partial charge is 0.246 e. The maximum absolute atomic E-state index is 13.3. The van der Waals surface area contributed by atoms with E-state index in [0.717, 1.165) is 5.39 Å². The van der Waals surface area contributed by atoms with Gasteiger partial charge in [0.05, 0.1) is 18.8 Å².